The second-order valence-corrected chi connectivity index (χ2v) is 49.1. The summed E-state index contributed by atoms with van der Waals surface area (Å²) < 4.78 is 6.39. The molecule has 0 atom stereocenters. The van der Waals surface area contributed by atoms with Crippen LogP contribution >= 0.6 is 0 Å². The van der Waals surface area contributed by atoms with Crippen molar-refractivity contribution < 1.29 is 4.42 Å². The maximum absolute atomic E-state index is 6.39. The van der Waals surface area contributed by atoms with Crippen LogP contribution in [0, 0.1) is 5.92 Å². The van der Waals surface area contributed by atoms with Crippen molar-refractivity contribution in [1.82, 2.24) is 4.98 Å². The number of fused-ring (bicyclic) bond motifs is 3. The van der Waals surface area contributed by atoms with Gasteiger partial charge in [-0.05, 0) is 41.3 Å². The van der Waals surface area contributed by atoms with Gasteiger partial charge in [-0.2, -0.15) is 0 Å². The Labute approximate surface area is 216 Å². The Morgan fingerprint density at radius 3 is 2.09 bits per heavy atom. The zero-order valence-corrected chi connectivity index (χ0v) is 27.3. The molecule has 0 saturated heterocycles. The molecule has 0 fully saturated rings. The summed E-state index contributed by atoms with van der Waals surface area (Å²) in [6.45, 7) is 24.3. The van der Waals surface area contributed by atoms with Gasteiger partial charge in [0.15, 0.2) is 0 Å². The van der Waals surface area contributed by atoms with E-state index in [1.54, 1.807) is 10.8 Å². The third kappa shape index (κ3) is 4.36. The van der Waals surface area contributed by atoms with E-state index in [0.29, 0.717) is 5.92 Å². The van der Waals surface area contributed by atoms with Crippen molar-refractivity contribution in [1.29, 1.82) is 0 Å². The van der Waals surface area contributed by atoms with Crippen LogP contribution in [0.1, 0.15) is 19.4 Å². The van der Waals surface area contributed by atoms with Crippen molar-refractivity contribution >= 4 is 57.2 Å². The Balaban J connectivity index is 2.01. The molecule has 6 heteroatoms. The first-order valence-electron chi connectivity index (χ1n) is 13.0. The van der Waals surface area contributed by atoms with E-state index in [4.69, 9.17) is 9.40 Å². The molecular formula is C29H42NOSi4. The summed E-state index contributed by atoms with van der Waals surface area (Å²) in [6.07, 6.45) is 3.48. The van der Waals surface area contributed by atoms with Gasteiger partial charge in [0.1, 0.15) is 11.2 Å². The predicted octanol–water partition coefficient (Wildman–Crippen LogP) is 8.17. The molecule has 0 N–H and O–H groups in total. The number of hydrogen-bond acceptors (Lipinski definition) is 2. The van der Waals surface area contributed by atoms with Gasteiger partial charge in [0.2, 0.25) is 0 Å². The fourth-order valence-electron chi connectivity index (χ4n) is 7.24. The number of nitrogens with zero attached hydrogens (tertiary/aromatic N) is 1. The minimum atomic E-state index is -1.67. The molecule has 2 heterocycles. The first-order valence-corrected chi connectivity index (χ1v) is 27.5. The largest absolute Gasteiger partial charge is 0.455 e. The third-order valence-corrected chi connectivity index (χ3v) is 71.4. The molecule has 2 aromatic heterocycles. The van der Waals surface area contributed by atoms with Crippen LogP contribution in [0.15, 0.2) is 59.1 Å². The van der Waals surface area contributed by atoms with Crippen LogP contribution in [-0.4, -0.2) is 35.1 Å². The summed E-state index contributed by atoms with van der Waals surface area (Å²) in [6, 6.07) is 17.3. The number of benzene rings is 2. The second kappa shape index (κ2) is 9.29. The predicted molar refractivity (Wildman–Crippen MR) is 165 cm³/mol. The summed E-state index contributed by atoms with van der Waals surface area (Å²) in [5.74, 6) is 0.616. The van der Waals surface area contributed by atoms with Crippen molar-refractivity contribution in [3.05, 3.63) is 60.3 Å². The van der Waals surface area contributed by atoms with E-state index < -0.39 is 30.1 Å². The average molecular weight is 533 g/mol. The van der Waals surface area contributed by atoms with Gasteiger partial charge in [0.25, 0.3) is 0 Å². The summed E-state index contributed by atoms with van der Waals surface area (Å²) in [5, 5.41) is 4.07. The molecule has 0 unspecified atom stereocenters. The quantitative estimate of drug-likeness (QED) is 0.224. The molecule has 0 aliphatic heterocycles. The standard InChI is InChI=1S/C29H42NOSi4/c1-21(2)18-22-19-26(25-16-13-15-24-23-14-11-12-17-27(23)31-29(24)25)30-20-28(22)35(32(3)4,33(5,6)7)34(8,9)10/h11-17,19-21H,18H2,1-10H3. The normalized spacial score (nSPS) is 13.5. The number of aromatic nitrogens is 1. The van der Waals surface area contributed by atoms with Crippen LogP contribution in [0.2, 0.25) is 52.4 Å². The Morgan fingerprint density at radius 2 is 1.49 bits per heavy atom. The molecular weight excluding hydrogens is 491 g/mol. The van der Waals surface area contributed by atoms with Crippen LogP contribution in [0.3, 0.4) is 0 Å². The van der Waals surface area contributed by atoms with E-state index in [2.05, 4.69) is 115 Å². The molecule has 185 valence electrons. The summed E-state index contributed by atoms with van der Waals surface area (Å²) >= 11 is 0. The molecule has 4 rings (SSSR count). The number of hydrogen-bond donors (Lipinski definition) is 0. The Bertz CT molecular complexity index is 1340. The fourth-order valence-corrected chi connectivity index (χ4v) is 87.1. The molecule has 0 saturated carbocycles. The maximum Gasteiger partial charge on any atom is 0.144 e. The molecule has 2 aromatic carbocycles. The van der Waals surface area contributed by atoms with Gasteiger partial charge in [0.05, 0.1) is 12.3 Å². The van der Waals surface area contributed by atoms with Crippen molar-refractivity contribution in [3.63, 3.8) is 0 Å². The van der Waals surface area contributed by atoms with E-state index in [1.165, 1.54) is 10.8 Å². The highest BCUT2D eigenvalue weighted by Crippen LogP contribution is 2.37. The maximum atomic E-state index is 6.39. The van der Waals surface area contributed by atoms with Crippen molar-refractivity contribution in [3.8, 4) is 11.3 Å². The monoisotopic (exact) mass is 532 g/mol. The highest BCUT2D eigenvalue weighted by molar-refractivity contribution is 7.89. The van der Waals surface area contributed by atoms with Gasteiger partial charge < -0.3 is 4.42 Å². The summed E-state index contributed by atoms with van der Waals surface area (Å²) in [4.78, 5) is 5.25. The lowest BCUT2D eigenvalue weighted by Gasteiger charge is -2.54. The summed E-state index contributed by atoms with van der Waals surface area (Å²) in [7, 11) is -3.35. The zero-order valence-electron chi connectivity index (χ0n) is 23.3. The van der Waals surface area contributed by atoms with Gasteiger partial charge >= 0.3 is 0 Å². The van der Waals surface area contributed by atoms with Gasteiger partial charge in [-0.25, -0.2) is 0 Å². The number of pyridine rings is 1. The first kappa shape index (κ1) is 26.3. The SMILES string of the molecule is CC(C)Cc1cc(-c2cccc3c2oc2ccccc23)ncc1[Si]([Si](C)C)([Si](C)(C)C)[Si](C)(C)C. The number of para-hydroxylation sites is 2. The molecule has 0 spiro atoms. The van der Waals surface area contributed by atoms with Gasteiger partial charge in [-0.1, -0.05) is 96.6 Å². The second-order valence-electron chi connectivity index (χ2n) is 12.9. The molecule has 0 bridgehead atoms. The topological polar surface area (TPSA) is 26.0 Å². The van der Waals surface area contributed by atoms with E-state index in [0.717, 1.165) is 28.8 Å². The number of furan rings is 1. The molecule has 2 nitrogen and oxygen atoms in total. The Kier molecular flexibility index (Phi) is 6.98. The van der Waals surface area contributed by atoms with Crippen LogP contribution in [0.25, 0.3) is 33.2 Å². The third-order valence-electron chi connectivity index (χ3n) is 7.70. The van der Waals surface area contributed by atoms with Gasteiger partial charge in [0, 0.05) is 46.0 Å². The average Bonchev–Trinajstić information content (AvgIpc) is 3.11. The van der Waals surface area contributed by atoms with Crippen LogP contribution < -0.4 is 5.19 Å². The lowest BCUT2D eigenvalue weighted by atomic mass is 10.0. The first-order chi connectivity index (χ1) is 16.3. The van der Waals surface area contributed by atoms with Crippen LogP contribution in [-0.2, 0) is 6.42 Å². The van der Waals surface area contributed by atoms with E-state index >= 15 is 0 Å². The molecule has 1 radical (unpaired) electrons. The Hall–Kier alpha value is -1.74. The number of rotatable bonds is 7. The molecule has 4 aromatic rings. The van der Waals surface area contributed by atoms with Crippen molar-refractivity contribution in [2.45, 2.75) is 72.6 Å². The van der Waals surface area contributed by atoms with E-state index in [1.807, 2.05) is 6.07 Å². The van der Waals surface area contributed by atoms with Gasteiger partial charge in [-0.3, -0.25) is 4.98 Å². The lowest BCUT2D eigenvalue weighted by Crippen LogP contribution is -2.84. The van der Waals surface area contributed by atoms with Gasteiger partial charge in [-0.15, -0.1) is 0 Å². The molecule has 0 amide bonds. The molecule has 35 heavy (non-hydrogen) atoms. The Morgan fingerprint density at radius 1 is 0.857 bits per heavy atom. The molecule has 0 aliphatic rings. The van der Waals surface area contributed by atoms with Crippen LogP contribution in [0.4, 0.5) is 0 Å². The minimum Gasteiger partial charge on any atom is -0.455 e. The lowest BCUT2D eigenvalue weighted by molar-refractivity contribution is 0.649. The fraction of sp³-hybridized carbons (Fsp3) is 0.414. The van der Waals surface area contributed by atoms with E-state index in [-0.39, 0.29) is 0 Å². The van der Waals surface area contributed by atoms with Crippen molar-refractivity contribution in [2.75, 3.05) is 0 Å². The smallest absolute Gasteiger partial charge is 0.144 e. The summed E-state index contributed by atoms with van der Waals surface area (Å²) in [5.41, 5.74) is 5.65. The van der Waals surface area contributed by atoms with E-state index in [9.17, 15) is 0 Å². The highest BCUT2D eigenvalue weighted by Gasteiger charge is 2.58. The minimum absolute atomic E-state index is 0.481. The van der Waals surface area contributed by atoms with Crippen LogP contribution in [0.5, 0.6) is 0 Å². The zero-order chi connectivity index (χ0) is 25.8. The molecule has 0 aliphatic carbocycles. The van der Waals surface area contributed by atoms with Crippen molar-refractivity contribution in [2.24, 2.45) is 5.92 Å². The highest BCUT2D eigenvalue weighted by atomic mass is 29.9.